The summed E-state index contributed by atoms with van der Waals surface area (Å²) in [6.07, 6.45) is 2.38. The largest absolute Gasteiger partial charge is 0.369 e. The van der Waals surface area contributed by atoms with E-state index in [1.807, 2.05) is 0 Å². The Bertz CT molecular complexity index is 374. The zero-order chi connectivity index (χ0) is 14.3. The quantitative estimate of drug-likeness (QED) is 0.709. The van der Waals surface area contributed by atoms with Crippen LogP contribution >= 0.6 is 0 Å². The number of anilines is 1. The van der Waals surface area contributed by atoms with Gasteiger partial charge in [0.05, 0.1) is 0 Å². The summed E-state index contributed by atoms with van der Waals surface area (Å²) in [7, 11) is 0. The van der Waals surface area contributed by atoms with Gasteiger partial charge in [0.2, 0.25) is 0 Å². The predicted octanol–water partition coefficient (Wildman–Crippen LogP) is 4.12. The first-order valence-electron chi connectivity index (χ1n) is 7.70. The number of rotatable bonds is 8. The van der Waals surface area contributed by atoms with Crippen molar-refractivity contribution in [1.82, 2.24) is 5.32 Å². The first kappa shape index (κ1) is 16.0. The van der Waals surface area contributed by atoms with Crippen molar-refractivity contribution in [3.63, 3.8) is 0 Å². The summed E-state index contributed by atoms with van der Waals surface area (Å²) in [5.74, 6) is 0. The molecule has 0 radical (unpaired) electrons. The number of nitrogens with zero attached hydrogens (tertiary/aromatic N) is 1. The molecule has 0 aliphatic heterocycles. The molecule has 0 saturated carbocycles. The maximum absolute atomic E-state index is 3.48. The van der Waals surface area contributed by atoms with Gasteiger partial charge in [-0.15, -0.1) is 0 Å². The molecule has 0 aliphatic carbocycles. The molecule has 1 atom stereocenters. The molecule has 0 amide bonds. The average molecular weight is 262 g/mol. The van der Waals surface area contributed by atoms with Crippen LogP contribution in [-0.2, 0) is 6.54 Å². The number of benzene rings is 1. The van der Waals surface area contributed by atoms with Crippen LogP contribution in [0.3, 0.4) is 0 Å². The Morgan fingerprint density at radius 1 is 1.21 bits per heavy atom. The molecule has 19 heavy (non-hydrogen) atoms. The zero-order valence-corrected chi connectivity index (χ0v) is 13.3. The maximum Gasteiger partial charge on any atom is 0.0371 e. The lowest BCUT2D eigenvalue weighted by molar-refractivity contribution is 0.629. The molecule has 0 saturated heterocycles. The molecule has 1 aromatic rings. The molecule has 1 unspecified atom stereocenters. The van der Waals surface area contributed by atoms with Crippen LogP contribution in [0.1, 0.15) is 51.7 Å². The van der Waals surface area contributed by atoms with Gasteiger partial charge in [-0.1, -0.05) is 19.9 Å². The van der Waals surface area contributed by atoms with Crippen molar-refractivity contribution in [3.05, 3.63) is 29.3 Å². The molecule has 108 valence electrons. The second kappa shape index (κ2) is 8.21. The van der Waals surface area contributed by atoms with E-state index >= 15 is 0 Å². The van der Waals surface area contributed by atoms with Crippen molar-refractivity contribution in [2.45, 2.75) is 60.0 Å². The van der Waals surface area contributed by atoms with Crippen molar-refractivity contribution in [3.8, 4) is 0 Å². The lowest BCUT2D eigenvalue weighted by atomic mass is 10.1. The lowest BCUT2D eigenvalue weighted by Crippen LogP contribution is -2.32. The molecule has 1 aromatic carbocycles. The maximum atomic E-state index is 3.48. The van der Waals surface area contributed by atoms with Gasteiger partial charge in [0.15, 0.2) is 0 Å². The summed E-state index contributed by atoms with van der Waals surface area (Å²) in [6, 6.07) is 7.48. The van der Waals surface area contributed by atoms with Crippen molar-refractivity contribution in [1.29, 1.82) is 0 Å². The minimum atomic E-state index is 0.605. The highest BCUT2D eigenvalue weighted by atomic mass is 15.1. The molecule has 2 heteroatoms. The summed E-state index contributed by atoms with van der Waals surface area (Å²) in [6.45, 7) is 14.4. The van der Waals surface area contributed by atoms with Gasteiger partial charge in [0.1, 0.15) is 0 Å². The Kier molecular flexibility index (Phi) is 6.93. The van der Waals surface area contributed by atoms with E-state index in [4.69, 9.17) is 0 Å². The Morgan fingerprint density at radius 2 is 1.95 bits per heavy atom. The van der Waals surface area contributed by atoms with E-state index in [1.54, 1.807) is 0 Å². The fourth-order valence-electron chi connectivity index (χ4n) is 2.43. The summed E-state index contributed by atoms with van der Waals surface area (Å²) in [5, 5.41) is 3.48. The molecule has 0 bridgehead atoms. The minimum Gasteiger partial charge on any atom is -0.369 e. The van der Waals surface area contributed by atoms with Crippen LogP contribution in [0, 0.1) is 6.92 Å². The Labute approximate surface area is 119 Å². The van der Waals surface area contributed by atoms with Gasteiger partial charge in [0, 0.05) is 24.8 Å². The third kappa shape index (κ3) is 4.54. The number of hydrogen-bond acceptors (Lipinski definition) is 2. The lowest BCUT2D eigenvalue weighted by Gasteiger charge is -2.30. The normalized spacial score (nSPS) is 12.5. The third-order valence-electron chi connectivity index (χ3n) is 3.86. The van der Waals surface area contributed by atoms with Gasteiger partial charge in [0.25, 0.3) is 0 Å². The van der Waals surface area contributed by atoms with E-state index in [0.717, 1.165) is 19.6 Å². The topological polar surface area (TPSA) is 15.3 Å². The van der Waals surface area contributed by atoms with Gasteiger partial charge in [-0.05, 0) is 63.4 Å². The molecular formula is C17H30N2. The number of nitrogens with one attached hydrogen (secondary N) is 1. The number of hydrogen-bond donors (Lipinski definition) is 1. The van der Waals surface area contributed by atoms with E-state index in [9.17, 15) is 0 Å². The van der Waals surface area contributed by atoms with Gasteiger partial charge in [-0.2, -0.15) is 0 Å². The monoisotopic (exact) mass is 262 g/mol. The fraction of sp³-hybridized carbons (Fsp3) is 0.647. The number of aryl methyl sites for hydroxylation is 1. The van der Waals surface area contributed by atoms with Gasteiger partial charge >= 0.3 is 0 Å². The Balaban J connectivity index is 2.79. The second-order valence-electron chi connectivity index (χ2n) is 5.33. The van der Waals surface area contributed by atoms with Gasteiger partial charge in [-0.3, -0.25) is 0 Å². The SMILES string of the molecule is CCCNCc1ccc(N(CC)C(C)CC)cc1C. The van der Waals surface area contributed by atoms with Crippen LogP contribution in [0.5, 0.6) is 0 Å². The van der Waals surface area contributed by atoms with E-state index < -0.39 is 0 Å². The highest BCUT2D eigenvalue weighted by Gasteiger charge is 2.11. The van der Waals surface area contributed by atoms with E-state index in [1.165, 1.54) is 29.7 Å². The molecule has 0 heterocycles. The standard InChI is InChI=1S/C17H30N2/c1-6-11-18-13-16-9-10-17(12-14(16)4)19(8-3)15(5)7-2/h9-10,12,15,18H,6-8,11,13H2,1-5H3. The van der Waals surface area contributed by atoms with Gasteiger partial charge < -0.3 is 10.2 Å². The first-order valence-corrected chi connectivity index (χ1v) is 7.70. The molecule has 2 nitrogen and oxygen atoms in total. The minimum absolute atomic E-state index is 0.605. The van der Waals surface area contributed by atoms with E-state index in [-0.39, 0.29) is 0 Å². The third-order valence-corrected chi connectivity index (χ3v) is 3.86. The van der Waals surface area contributed by atoms with Crippen LogP contribution in [-0.4, -0.2) is 19.1 Å². The highest BCUT2D eigenvalue weighted by molar-refractivity contribution is 5.51. The van der Waals surface area contributed by atoms with Crippen LogP contribution in [0.15, 0.2) is 18.2 Å². The predicted molar refractivity (Wildman–Crippen MR) is 85.9 cm³/mol. The van der Waals surface area contributed by atoms with Crippen molar-refractivity contribution >= 4 is 5.69 Å². The van der Waals surface area contributed by atoms with Gasteiger partial charge in [-0.25, -0.2) is 0 Å². The molecule has 0 aromatic heterocycles. The molecule has 0 spiro atoms. The van der Waals surface area contributed by atoms with Crippen LogP contribution < -0.4 is 10.2 Å². The van der Waals surface area contributed by atoms with Crippen molar-refractivity contribution in [2.24, 2.45) is 0 Å². The van der Waals surface area contributed by atoms with Crippen LogP contribution in [0.4, 0.5) is 5.69 Å². The Morgan fingerprint density at radius 3 is 2.47 bits per heavy atom. The fourth-order valence-corrected chi connectivity index (χ4v) is 2.43. The highest BCUT2D eigenvalue weighted by Crippen LogP contribution is 2.22. The summed E-state index contributed by atoms with van der Waals surface area (Å²) in [5.41, 5.74) is 4.16. The molecule has 1 N–H and O–H groups in total. The summed E-state index contributed by atoms with van der Waals surface area (Å²) in [4.78, 5) is 2.48. The van der Waals surface area contributed by atoms with Crippen LogP contribution in [0.2, 0.25) is 0 Å². The van der Waals surface area contributed by atoms with Crippen molar-refractivity contribution < 1.29 is 0 Å². The van der Waals surface area contributed by atoms with Crippen LogP contribution in [0.25, 0.3) is 0 Å². The zero-order valence-electron chi connectivity index (χ0n) is 13.3. The molecular weight excluding hydrogens is 232 g/mol. The molecule has 1 rings (SSSR count). The second-order valence-corrected chi connectivity index (χ2v) is 5.33. The summed E-state index contributed by atoms with van der Waals surface area (Å²) < 4.78 is 0. The Hall–Kier alpha value is -1.02. The molecule has 0 aliphatic rings. The van der Waals surface area contributed by atoms with Crippen molar-refractivity contribution in [2.75, 3.05) is 18.0 Å². The average Bonchev–Trinajstić information content (AvgIpc) is 2.42. The first-order chi connectivity index (χ1) is 9.13. The summed E-state index contributed by atoms with van der Waals surface area (Å²) >= 11 is 0. The van der Waals surface area contributed by atoms with E-state index in [0.29, 0.717) is 6.04 Å². The smallest absolute Gasteiger partial charge is 0.0371 e. The molecule has 0 fully saturated rings. The van der Waals surface area contributed by atoms with E-state index in [2.05, 4.69) is 63.0 Å².